The second kappa shape index (κ2) is 6.86. The fourth-order valence-corrected chi connectivity index (χ4v) is 5.54. The van der Waals surface area contributed by atoms with Crippen LogP contribution in [0.25, 0.3) is 0 Å². The third-order valence-corrected chi connectivity index (χ3v) is 7.21. The Balaban J connectivity index is 1.44. The first-order chi connectivity index (χ1) is 13.5. The molecule has 1 aliphatic heterocycles. The predicted molar refractivity (Wildman–Crippen MR) is 100 cm³/mol. The number of hydrogen-bond donors (Lipinski definition) is 1. The van der Waals surface area contributed by atoms with Crippen LogP contribution in [-0.2, 0) is 20.8 Å². The second-order valence-electron chi connectivity index (χ2n) is 7.73. The van der Waals surface area contributed by atoms with Gasteiger partial charge in [0.05, 0.1) is 28.8 Å². The Morgan fingerprint density at radius 1 is 1.24 bits per heavy atom. The SMILES string of the molecule is Cc1cc(NC(=O)[C@H]2C[C@H]2c2ccc(C(F)(F)F)cc2)n([C@@H]2CCS(=O)(=O)C2)n1. The molecule has 4 rings (SSSR count). The molecule has 0 unspecified atom stereocenters. The van der Waals surface area contributed by atoms with E-state index in [-0.39, 0.29) is 35.3 Å². The fourth-order valence-electron chi connectivity index (χ4n) is 3.85. The minimum absolute atomic E-state index is 0.00536. The van der Waals surface area contributed by atoms with Crippen LogP contribution in [0.15, 0.2) is 30.3 Å². The van der Waals surface area contributed by atoms with Crippen LogP contribution in [0.1, 0.15) is 41.6 Å². The summed E-state index contributed by atoms with van der Waals surface area (Å²) in [7, 11) is -3.10. The number of hydrogen-bond acceptors (Lipinski definition) is 4. The van der Waals surface area contributed by atoms with E-state index in [0.717, 1.165) is 12.1 Å². The number of rotatable bonds is 4. The van der Waals surface area contributed by atoms with Gasteiger partial charge in [0.2, 0.25) is 5.91 Å². The topological polar surface area (TPSA) is 81.1 Å². The number of halogens is 3. The molecule has 1 saturated carbocycles. The lowest BCUT2D eigenvalue weighted by Crippen LogP contribution is -2.21. The van der Waals surface area contributed by atoms with E-state index in [1.165, 1.54) is 12.1 Å². The van der Waals surface area contributed by atoms with E-state index in [0.29, 0.717) is 29.9 Å². The Hall–Kier alpha value is -2.36. The Bertz CT molecular complexity index is 1040. The van der Waals surface area contributed by atoms with Crippen LogP contribution < -0.4 is 5.32 Å². The zero-order valence-electron chi connectivity index (χ0n) is 15.6. The van der Waals surface area contributed by atoms with Crippen LogP contribution in [0.5, 0.6) is 0 Å². The van der Waals surface area contributed by atoms with E-state index in [2.05, 4.69) is 10.4 Å². The van der Waals surface area contributed by atoms with Gasteiger partial charge in [-0.2, -0.15) is 18.3 Å². The van der Waals surface area contributed by atoms with Gasteiger partial charge in [-0.1, -0.05) is 12.1 Å². The molecule has 0 bridgehead atoms. The average Bonchev–Trinajstić information content (AvgIpc) is 3.24. The molecule has 1 saturated heterocycles. The largest absolute Gasteiger partial charge is 0.416 e. The van der Waals surface area contributed by atoms with Crippen molar-refractivity contribution >= 4 is 21.6 Å². The highest BCUT2D eigenvalue weighted by Gasteiger charge is 2.44. The summed E-state index contributed by atoms with van der Waals surface area (Å²) in [5.41, 5.74) is 0.651. The van der Waals surface area contributed by atoms with Gasteiger partial charge in [-0.3, -0.25) is 4.79 Å². The molecule has 2 aromatic rings. The number of carbonyl (C=O) groups is 1. The molecular weight excluding hydrogens is 407 g/mol. The van der Waals surface area contributed by atoms with Gasteiger partial charge in [0.1, 0.15) is 5.82 Å². The number of anilines is 1. The molecule has 3 atom stereocenters. The molecular formula is C19H20F3N3O3S. The molecule has 2 heterocycles. The van der Waals surface area contributed by atoms with Crippen LogP contribution in [0.3, 0.4) is 0 Å². The van der Waals surface area contributed by atoms with Gasteiger partial charge in [-0.25, -0.2) is 13.1 Å². The van der Waals surface area contributed by atoms with Gasteiger partial charge in [-0.15, -0.1) is 0 Å². The molecule has 6 nitrogen and oxygen atoms in total. The third-order valence-electron chi connectivity index (χ3n) is 5.46. The van der Waals surface area contributed by atoms with Crippen LogP contribution in [0.4, 0.5) is 19.0 Å². The zero-order chi connectivity index (χ0) is 21.0. The van der Waals surface area contributed by atoms with Gasteiger partial charge >= 0.3 is 6.18 Å². The van der Waals surface area contributed by atoms with E-state index in [1.54, 1.807) is 17.7 Å². The van der Waals surface area contributed by atoms with E-state index in [9.17, 15) is 26.4 Å². The Morgan fingerprint density at radius 3 is 2.52 bits per heavy atom. The van der Waals surface area contributed by atoms with Gasteiger partial charge in [0.25, 0.3) is 0 Å². The summed E-state index contributed by atoms with van der Waals surface area (Å²) in [5.74, 6) is -0.147. The monoisotopic (exact) mass is 427 g/mol. The standard InChI is InChI=1S/C19H20F3N3O3S/c1-11-8-17(25(24-11)14-6-7-29(27,28)10-14)23-18(26)16-9-15(16)12-2-4-13(5-3-12)19(20,21)22/h2-5,8,14-16H,6-7,9-10H2,1H3,(H,23,26)/t14-,15+,16+/m1/s1. The molecule has 1 aromatic carbocycles. The lowest BCUT2D eigenvalue weighted by molar-refractivity contribution is -0.137. The molecule has 1 aromatic heterocycles. The van der Waals surface area contributed by atoms with Crippen molar-refractivity contribution in [3.8, 4) is 0 Å². The van der Waals surface area contributed by atoms with E-state index in [4.69, 9.17) is 0 Å². The van der Waals surface area contributed by atoms with Crippen molar-refractivity contribution in [2.45, 2.75) is 37.9 Å². The molecule has 2 aliphatic rings. The Labute approximate surface area is 166 Å². The summed E-state index contributed by atoms with van der Waals surface area (Å²) in [4.78, 5) is 12.6. The fraction of sp³-hybridized carbons (Fsp3) is 0.474. The Kier molecular flexibility index (Phi) is 4.71. The van der Waals surface area contributed by atoms with E-state index < -0.39 is 21.6 Å². The van der Waals surface area contributed by atoms with Crippen molar-refractivity contribution in [2.75, 3.05) is 16.8 Å². The van der Waals surface area contributed by atoms with E-state index >= 15 is 0 Å². The summed E-state index contributed by atoms with van der Waals surface area (Å²) in [6, 6.07) is 6.27. The second-order valence-corrected chi connectivity index (χ2v) is 9.96. The van der Waals surface area contributed by atoms with Crippen LogP contribution in [0.2, 0.25) is 0 Å². The third kappa shape index (κ3) is 4.17. The smallest absolute Gasteiger partial charge is 0.311 e. The number of nitrogens with one attached hydrogen (secondary N) is 1. The van der Waals surface area contributed by atoms with Crippen molar-refractivity contribution in [3.63, 3.8) is 0 Å². The van der Waals surface area contributed by atoms with Gasteiger partial charge < -0.3 is 5.32 Å². The minimum Gasteiger partial charge on any atom is -0.311 e. The summed E-state index contributed by atoms with van der Waals surface area (Å²) >= 11 is 0. The van der Waals surface area contributed by atoms with Gasteiger partial charge in [0.15, 0.2) is 9.84 Å². The average molecular weight is 427 g/mol. The zero-order valence-corrected chi connectivity index (χ0v) is 16.4. The van der Waals surface area contributed by atoms with Crippen molar-refractivity contribution in [3.05, 3.63) is 47.2 Å². The number of benzene rings is 1. The van der Waals surface area contributed by atoms with Gasteiger partial charge in [0, 0.05) is 12.0 Å². The molecule has 156 valence electrons. The summed E-state index contributed by atoms with van der Waals surface area (Å²) < 4.78 is 63.2. The van der Waals surface area contributed by atoms with Crippen molar-refractivity contribution in [1.82, 2.24) is 9.78 Å². The van der Waals surface area contributed by atoms with Crippen LogP contribution in [0, 0.1) is 12.8 Å². The maximum absolute atomic E-state index is 12.7. The van der Waals surface area contributed by atoms with Crippen molar-refractivity contribution in [1.29, 1.82) is 0 Å². The first kappa shape index (κ1) is 19.9. The highest BCUT2D eigenvalue weighted by Crippen LogP contribution is 2.48. The molecule has 29 heavy (non-hydrogen) atoms. The van der Waals surface area contributed by atoms with Gasteiger partial charge in [-0.05, 0) is 43.4 Å². The van der Waals surface area contributed by atoms with Crippen LogP contribution in [-0.4, -0.2) is 35.6 Å². The molecule has 10 heteroatoms. The highest BCUT2D eigenvalue weighted by atomic mass is 32.2. The number of alkyl halides is 3. The number of sulfone groups is 1. The number of nitrogens with zero attached hydrogens (tertiary/aromatic N) is 2. The maximum Gasteiger partial charge on any atom is 0.416 e. The molecule has 2 fully saturated rings. The normalized spacial score (nSPS) is 25.7. The van der Waals surface area contributed by atoms with Crippen molar-refractivity contribution in [2.24, 2.45) is 5.92 Å². The lowest BCUT2D eigenvalue weighted by Gasteiger charge is -2.14. The minimum atomic E-state index is -4.39. The highest BCUT2D eigenvalue weighted by molar-refractivity contribution is 7.91. The number of amides is 1. The summed E-state index contributed by atoms with van der Waals surface area (Å²) in [6.07, 6.45) is -3.38. The molecule has 0 spiro atoms. The van der Waals surface area contributed by atoms with E-state index in [1.807, 2.05) is 0 Å². The summed E-state index contributed by atoms with van der Waals surface area (Å²) in [5, 5.41) is 7.15. The lowest BCUT2D eigenvalue weighted by atomic mass is 10.1. The summed E-state index contributed by atoms with van der Waals surface area (Å²) in [6.45, 7) is 1.76. The number of carbonyl (C=O) groups excluding carboxylic acids is 1. The Morgan fingerprint density at radius 2 is 1.93 bits per heavy atom. The predicted octanol–water partition coefficient (Wildman–Crippen LogP) is 3.31. The van der Waals surface area contributed by atoms with Crippen molar-refractivity contribution < 1.29 is 26.4 Å². The number of aromatic nitrogens is 2. The molecule has 0 radical (unpaired) electrons. The van der Waals surface area contributed by atoms with Crippen LogP contribution >= 0.6 is 0 Å². The maximum atomic E-state index is 12.7. The molecule has 1 N–H and O–H groups in total. The molecule has 1 amide bonds. The number of aryl methyl sites for hydroxylation is 1. The molecule has 1 aliphatic carbocycles. The quantitative estimate of drug-likeness (QED) is 0.812. The first-order valence-corrected chi connectivity index (χ1v) is 11.1. The first-order valence-electron chi connectivity index (χ1n) is 9.28.